The Balaban J connectivity index is 1.51. The van der Waals surface area contributed by atoms with Crippen LogP contribution < -0.4 is 0 Å². The molecule has 1 amide bonds. The van der Waals surface area contributed by atoms with Crippen LogP contribution in [0.2, 0.25) is 5.02 Å². The van der Waals surface area contributed by atoms with Gasteiger partial charge in [0.25, 0.3) is 5.91 Å². The molecular formula is C16H16ClN5O. The molecule has 0 aliphatic carbocycles. The van der Waals surface area contributed by atoms with E-state index in [4.69, 9.17) is 11.6 Å². The molecule has 0 atom stereocenters. The topological polar surface area (TPSA) is 66.8 Å². The standard InChI is InChI=1S/C16H16ClN5O/c1-9-13(17)14(21(2)20-9)16(23)22-7-10(8-22)15-18-11-5-3-4-6-12(11)19-15/h3-6,10H,7-8H2,1-2H3,(H,18,19). The zero-order valence-electron chi connectivity index (χ0n) is 12.9. The van der Waals surface area contributed by atoms with Crippen molar-refractivity contribution in [3.8, 4) is 0 Å². The molecule has 2 aromatic heterocycles. The maximum absolute atomic E-state index is 12.6. The molecule has 1 aromatic carbocycles. The molecule has 1 aliphatic rings. The summed E-state index contributed by atoms with van der Waals surface area (Å²) in [4.78, 5) is 22.3. The van der Waals surface area contributed by atoms with Crippen molar-refractivity contribution in [2.24, 2.45) is 7.05 Å². The Kier molecular flexibility index (Phi) is 3.16. The summed E-state index contributed by atoms with van der Waals surface area (Å²) in [6, 6.07) is 7.94. The highest BCUT2D eigenvalue weighted by atomic mass is 35.5. The van der Waals surface area contributed by atoms with Gasteiger partial charge in [0, 0.05) is 20.1 Å². The van der Waals surface area contributed by atoms with Crippen LogP contribution in [-0.4, -0.2) is 43.6 Å². The van der Waals surface area contributed by atoms with Gasteiger partial charge in [0.05, 0.1) is 27.7 Å². The second kappa shape index (κ2) is 5.09. The summed E-state index contributed by atoms with van der Waals surface area (Å²) in [5.74, 6) is 1.09. The highest BCUT2D eigenvalue weighted by Gasteiger charge is 2.36. The van der Waals surface area contributed by atoms with Crippen LogP contribution in [0.1, 0.15) is 27.9 Å². The number of halogens is 1. The zero-order valence-corrected chi connectivity index (χ0v) is 13.6. The van der Waals surface area contributed by atoms with Gasteiger partial charge in [-0.15, -0.1) is 0 Å². The van der Waals surface area contributed by atoms with E-state index in [0.717, 1.165) is 16.9 Å². The van der Waals surface area contributed by atoms with E-state index in [-0.39, 0.29) is 11.8 Å². The molecule has 7 heteroatoms. The SMILES string of the molecule is Cc1nn(C)c(C(=O)N2CC(c3nc4ccccc4[nH]3)C2)c1Cl. The predicted molar refractivity (Wildman–Crippen MR) is 87.7 cm³/mol. The lowest BCUT2D eigenvalue weighted by atomic mass is 9.99. The number of nitrogens with zero attached hydrogens (tertiary/aromatic N) is 4. The molecular weight excluding hydrogens is 314 g/mol. The number of hydrogen-bond donors (Lipinski definition) is 1. The van der Waals surface area contributed by atoms with Crippen LogP contribution in [0.15, 0.2) is 24.3 Å². The first kappa shape index (κ1) is 14.3. The molecule has 0 bridgehead atoms. The average Bonchev–Trinajstić information content (AvgIpc) is 2.98. The van der Waals surface area contributed by atoms with E-state index in [1.165, 1.54) is 0 Å². The number of fused-ring (bicyclic) bond motifs is 1. The summed E-state index contributed by atoms with van der Waals surface area (Å²) in [5.41, 5.74) is 3.11. The molecule has 23 heavy (non-hydrogen) atoms. The number of aromatic nitrogens is 4. The Bertz CT molecular complexity index is 873. The monoisotopic (exact) mass is 329 g/mol. The summed E-state index contributed by atoms with van der Waals surface area (Å²) in [6.45, 7) is 3.07. The minimum Gasteiger partial charge on any atom is -0.342 e. The van der Waals surface area contributed by atoms with Crippen LogP contribution in [0.5, 0.6) is 0 Å². The van der Waals surface area contributed by atoms with Gasteiger partial charge < -0.3 is 9.88 Å². The maximum atomic E-state index is 12.6. The number of rotatable bonds is 2. The Morgan fingerprint density at radius 1 is 1.35 bits per heavy atom. The van der Waals surface area contributed by atoms with E-state index >= 15 is 0 Å². The lowest BCUT2D eigenvalue weighted by Gasteiger charge is -2.38. The molecule has 0 spiro atoms. The van der Waals surface area contributed by atoms with Gasteiger partial charge in [-0.3, -0.25) is 9.48 Å². The first-order valence-electron chi connectivity index (χ1n) is 7.47. The predicted octanol–water partition coefficient (Wildman–Crippen LogP) is 2.50. The number of para-hydroxylation sites is 2. The number of imidazole rings is 1. The molecule has 1 aliphatic heterocycles. The highest BCUT2D eigenvalue weighted by Crippen LogP contribution is 2.30. The number of nitrogens with one attached hydrogen (secondary N) is 1. The van der Waals surface area contributed by atoms with E-state index in [9.17, 15) is 4.79 Å². The Morgan fingerprint density at radius 2 is 2.09 bits per heavy atom. The Labute approximate surface area is 138 Å². The van der Waals surface area contributed by atoms with E-state index in [1.54, 1.807) is 23.6 Å². The number of H-pyrrole nitrogens is 1. The van der Waals surface area contributed by atoms with Gasteiger partial charge in [-0.1, -0.05) is 23.7 Å². The third-order valence-electron chi connectivity index (χ3n) is 4.31. The second-order valence-corrected chi connectivity index (χ2v) is 6.30. The van der Waals surface area contributed by atoms with Gasteiger partial charge in [-0.05, 0) is 19.1 Å². The van der Waals surface area contributed by atoms with Crippen LogP contribution in [0, 0.1) is 6.92 Å². The summed E-state index contributed by atoms with van der Waals surface area (Å²) in [6.07, 6.45) is 0. The first-order chi connectivity index (χ1) is 11.0. The van der Waals surface area contributed by atoms with Gasteiger partial charge in [-0.2, -0.15) is 5.10 Å². The van der Waals surface area contributed by atoms with Crippen molar-refractivity contribution in [2.75, 3.05) is 13.1 Å². The molecule has 3 aromatic rings. The van der Waals surface area contributed by atoms with Crippen molar-refractivity contribution in [1.82, 2.24) is 24.6 Å². The number of hydrogen-bond acceptors (Lipinski definition) is 3. The number of carbonyl (C=O) groups is 1. The van der Waals surface area contributed by atoms with E-state index in [0.29, 0.717) is 29.5 Å². The van der Waals surface area contributed by atoms with Crippen molar-refractivity contribution in [3.63, 3.8) is 0 Å². The minimum atomic E-state index is -0.0783. The average molecular weight is 330 g/mol. The van der Waals surface area contributed by atoms with Crippen molar-refractivity contribution in [2.45, 2.75) is 12.8 Å². The van der Waals surface area contributed by atoms with E-state index in [2.05, 4.69) is 15.1 Å². The van der Waals surface area contributed by atoms with Crippen molar-refractivity contribution < 1.29 is 4.79 Å². The van der Waals surface area contributed by atoms with Gasteiger partial charge in [-0.25, -0.2) is 4.98 Å². The Morgan fingerprint density at radius 3 is 2.74 bits per heavy atom. The molecule has 118 valence electrons. The Hall–Kier alpha value is -2.34. The van der Waals surface area contributed by atoms with Crippen LogP contribution in [-0.2, 0) is 7.05 Å². The minimum absolute atomic E-state index is 0.0783. The molecule has 0 radical (unpaired) electrons. The van der Waals surface area contributed by atoms with Crippen molar-refractivity contribution in [3.05, 3.63) is 46.5 Å². The quantitative estimate of drug-likeness (QED) is 0.785. The smallest absolute Gasteiger partial charge is 0.273 e. The summed E-state index contributed by atoms with van der Waals surface area (Å²) in [7, 11) is 1.74. The molecule has 0 saturated carbocycles. The van der Waals surface area contributed by atoms with Crippen molar-refractivity contribution in [1.29, 1.82) is 0 Å². The first-order valence-corrected chi connectivity index (χ1v) is 7.85. The third kappa shape index (κ3) is 2.21. The number of benzene rings is 1. The van der Waals surface area contributed by atoms with Gasteiger partial charge in [0.15, 0.2) is 0 Å². The summed E-state index contributed by atoms with van der Waals surface area (Å²) < 4.78 is 1.55. The summed E-state index contributed by atoms with van der Waals surface area (Å²) in [5, 5.41) is 4.63. The molecule has 3 heterocycles. The number of aryl methyl sites for hydroxylation is 2. The fraction of sp³-hybridized carbons (Fsp3) is 0.312. The normalized spacial score (nSPS) is 15.2. The van der Waals surface area contributed by atoms with E-state index < -0.39 is 0 Å². The molecule has 1 saturated heterocycles. The molecule has 4 rings (SSSR count). The van der Waals surface area contributed by atoms with Gasteiger partial charge in [0.1, 0.15) is 11.5 Å². The number of carbonyl (C=O) groups excluding carboxylic acids is 1. The molecule has 0 unspecified atom stereocenters. The van der Waals surface area contributed by atoms with Gasteiger partial charge in [0.2, 0.25) is 0 Å². The maximum Gasteiger partial charge on any atom is 0.273 e. The largest absolute Gasteiger partial charge is 0.342 e. The number of likely N-dealkylation sites (tertiary alicyclic amines) is 1. The fourth-order valence-corrected chi connectivity index (χ4v) is 3.24. The third-order valence-corrected chi connectivity index (χ3v) is 4.77. The second-order valence-electron chi connectivity index (χ2n) is 5.92. The van der Waals surface area contributed by atoms with Crippen LogP contribution in [0.4, 0.5) is 0 Å². The fourth-order valence-electron chi connectivity index (χ4n) is 3.00. The molecule has 1 N–H and O–H groups in total. The van der Waals surface area contributed by atoms with Crippen LogP contribution >= 0.6 is 11.6 Å². The van der Waals surface area contributed by atoms with Gasteiger partial charge >= 0.3 is 0 Å². The van der Waals surface area contributed by atoms with Crippen LogP contribution in [0.25, 0.3) is 11.0 Å². The lowest BCUT2D eigenvalue weighted by molar-refractivity contribution is 0.0584. The number of aromatic amines is 1. The number of amides is 1. The van der Waals surface area contributed by atoms with Crippen LogP contribution in [0.3, 0.4) is 0 Å². The lowest BCUT2D eigenvalue weighted by Crippen LogP contribution is -2.49. The molecule has 1 fully saturated rings. The summed E-state index contributed by atoms with van der Waals surface area (Å²) >= 11 is 6.19. The molecule has 6 nitrogen and oxygen atoms in total. The highest BCUT2D eigenvalue weighted by molar-refractivity contribution is 6.34. The zero-order chi connectivity index (χ0) is 16.1. The van der Waals surface area contributed by atoms with E-state index in [1.807, 2.05) is 24.3 Å². The van der Waals surface area contributed by atoms with Crippen molar-refractivity contribution >= 4 is 28.5 Å².